The second-order valence-corrected chi connectivity index (χ2v) is 4.72. The third-order valence-corrected chi connectivity index (χ3v) is 3.09. The first kappa shape index (κ1) is 9.00. The number of rotatable bonds is 3. The van der Waals surface area contributed by atoms with Crippen LogP contribution in [0.4, 0.5) is 5.13 Å². The molecule has 0 saturated carbocycles. The molecular formula is C7H11BrN2S. The molecule has 0 amide bonds. The predicted octanol–water partition coefficient (Wildman–Crippen LogP) is 2.83. The van der Waals surface area contributed by atoms with E-state index in [-0.39, 0.29) is 0 Å². The van der Waals surface area contributed by atoms with Gasteiger partial charge < -0.3 is 5.73 Å². The Bertz CT molecular complexity index is 234. The summed E-state index contributed by atoms with van der Waals surface area (Å²) in [5.74, 6) is 0. The standard InChI is InChI=1S/C7H11BrN2S/c1-2-3-4-5-6(8)11-7(9)10-5/h2-4H2,1H3,(H2,9,10). The van der Waals surface area contributed by atoms with Crippen LogP contribution in [0.1, 0.15) is 25.5 Å². The second kappa shape index (κ2) is 4.07. The number of nitrogens with zero attached hydrogens (tertiary/aromatic N) is 1. The molecule has 2 nitrogen and oxygen atoms in total. The van der Waals surface area contributed by atoms with Crippen LogP contribution in [0.2, 0.25) is 0 Å². The Labute approximate surface area is 79.0 Å². The topological polar surface area (TPSA) is 38.9 Å². The maximum atomic E-state index is 5.53. The third kappa shape index (κ3) is 2.45. The summed E-state index contributed by atoms with van der Waals surface area (Å²) in [6.45, 7) is 2.17. The molecule has 0 spiro atoms. The van der Waals surface area contributed by atoms with Gasteiger partial charge in [0, 0.05) is 0 Å². The van der Waals surface area contributed by atoms with E-state index in [0.717, 1.165) is 15.9 Å². The highest BCUT2D eigenvalue weighted by Gasteiger charge is 2.04. The minimum atomic E-state index is 0.656. The second-order valence-electron chi connectivity index (χ2n) is 2.38. The average molecular weight is 235 g/mol. The van der Waals surface area contributed by atoms with E-state index in [1.807, 2.05) is 0 Å². The summed E-state index contributed by atoms with van der Waals surface area (Å²) < 4.78 is 1.09. The summed E-state index contributed by atoms with van der Waals surface area (Å²) in [5.41, 5.74) is 6.63. The van der Waals surface area contributed by atoms with E-state index in [9.17, 15) is 0 Å². The highest BCUT2D eigenvalue weighted by molar-refractivity contribution is 9.11. The summed E-state index contributed by atoms with van der Waals surface area (Å²) in [5, 5.41) is 0.656. The number of hydrogen-bond acceptors (Lipinski definition) is 3. The number of nitrogens with two attached hydrogens (primary N) is 1. The Kier molecular flexibility index (Phi) is 3.33. The first-order chi connectivity index (χ1) is 5.24. The summed E-state index contributed by atoms with van der Waals surface area (Å²) in [4.78, 5) is 4.20. The predicted molar refractivity (Wildman–Crippen MR) is 52.8 cm³/mol. The molecule has 1 aromatic rings. The van der Waals surface area contributed by atoms with Gasteiger partial charge >= 0.3 is 0 Å². The highest BCUT2D eigenvalue weighted by Crippen LogP contribution is 2.27. The van der Waals surface area contributed by atoms with E-state index in [2.05, 4.69) is 27.8 Å². The normalized spacial score (nSPS) is 10.4. The lowest BCUT2D eigenvalue weighted by Gasteiger charge is -1.92. The van der Waals surface area contributed by atoms with Crippen molar-refractivity contribution in [2.75, 3.05) is 5.73 Å². The molecule has 0 radical (unpaired) electrons. The van der Waals surface area contributed by atoms with Gasteiger partial charge in [-0.1, -0.05) is 24.7 Å². The van der Waals surface area contributed by atoms with Crippen LogP contribution < -0.4 is 5.73 Å². The van der Waals surface area contributed by atoms with E-state index >= 15 is 0 Å². The molecule has 0 aromatic carbocycles. The van der Waals surface area contributed by atoms with Gasteiger partial charge in [-0.05, 0) is 28.8 Å². The van der Waals surface area contributed by atoms with Gasteiger partial charge in [-0.2, -0.15) is 0 Å². The zero-order valence-corrected chi connectivity index (χ0v) is 8.83. The molecule has 1 rings (SSSR count). The Hall–Kier alpha value is -0.0900. The summed E-state index contributed by atoms with van der Waals surface area (Å²) in [7, 11) is 0. The summed E-state index contributed by atoms with van der Waals surface area (Å²) in [6, 6.07) is 0. The number of aromatic nitrogens is 1. The van der Waals surface area contributed by atoms with Gasteiger partial charge in [0.15, 0.2) is 5.13 Å². The number of hydrogen-bond donors (Lipinski definition) is 1. The van der Waals surface area contributed by atoms with Gasteiger partial charge in [0.05, 0.1) is 9.48 Å². The quantitative estimate of drug-likeness (QED) is 0.874. The van der Waals surface area contributed by atoms with Crippen molar-refractivity contribution in [1.29, 1.82) is 0 Å². The minimum Gasteiger partial charge on any atom is -0.375 e. The van der Waals surface area contributed by atoms with E-state index in [4.69, 9.17) is 5.73 Å². The Balaban J connectivity index is 2.62. The van der Waals surface area contributed by atoms with Gasteiger partial charge in [0.2, 0.25) is 0 Å². The maximum absolute atomic E-state index is 5.53. The zero-order chi connectivity index (χ0) is 8.27. The average Bonchev–Trinajstić information content (AvgIpc) is 2.26. The minimum absolute atomic E-state index is 0.656. The summed E-state index contributed by atoms with van der Waals surface area (Å²) >= 11 is 4.93. The van der Waals surface area contributed by atoms with Crippen LogP contribution in [0.25, 0.3) is 0 Å². The fraction of sp³-hybridized carbons (Fsp3) is 0.571. The molecule has 0 unspecified atom stereocenters. The van der Waals surface area contributed by atoms with Crippen molar-refractivity contribution in [1.82, 2.24) is 4.98 Å². The molecule has 0 atom stereocenters. The number of aryl methyl sites for hydroxylation is 1. The summed E-state index contributed by atoms with van der Waals surface area (Å²) in [6.07, 6.45) is 3.41. The zero-order valence-electron chi connectivity index (χ0n) is 6.43. The van der Waals surface area contributed by atoms with E-state index < -0.39 is 0 Å². The molecule has 1 aromatic heterocycles. The van der Waals surface area contributed by atoms with Crippen molar-refractivity contribution in [2.45, 2.75) is 26.2 Å². The van der Waals surface area contributed by atoms with Crippen LogP contribution in [0.5, 0.6) is 0 Å². The van der Waals surface area contributed by atoms with Crippen molar-refractivity contribution in [3.63, 3.8) is 0 Å². The molecule has 11 heavy (non-hydrogen) atoms. The van der Waals surface area contributed by atoms with Crippen LogP contribution in [-0.4, -0.2) is 4.98 Å². The van der Waals surface area contributed by atoms with E-state index in [1.165, 1.54) is 24.2 Å². The molecule has 0 aliphatic rings. The van der Waals surface area contributed by atoms with Crippen LogP contribution >= 0.6 is 27.3 Å². The SMILES string of the molecule is CCCCc1nc(N)sc1Br. The highest BCUT2D eigenvalue weighted by atomic mass is 79.9. The van der Waals surface area contributed by atoms with Gasteiger partial charge in [-0.15, -0.1) is 0 Å². The van der Waals surface area contributed by atoms with Crippen molar-refractivity contribution < 1.29 is 0 Å². The van der Waals surface area contributed by atoms with Crippen LogP contribution in [0, 0.1) is 0 Å². The molecule has 0 aliphatic carbocycles. The fourth-order valence-electron chi connectivity index (χ4n) is 0.849. The Morgan fingerprint density at radius 2 is 2.36 bits per heavy atom. The number of anilines is 1. The van der Waals surface area contributed by atoms with Crippen molar-refractivity contribution in [2.24, 2.45) is 0 Å². The van der Waals surface area contributed by atoms with Gasteiger partial charge in [-0.25, -0.2) is 4.98 Å². The molecule has 0 saturated heterocycles. The molecule has 1 heterocycles. The molecular weight excluding hydrogens is 224 g/mol. The molecule has 0 aliphatic heterocycles. The number of nitrogen functional groups attached to an aromatic ring is 1. The fourth-order valence-corrected chi connectivity index (χ4v) is 2.24. The Morgan fingerprint density at radius 1 is 1.64 bits per heavy atom. The maximum Gasteiger partial charge on any atom is 0.181 e. The third-order valence-electron chi connectivity index (χ3n) is 1.43. The lowest BCUT2D eigenvalue weighted by molar-refractivity contribution is 0.779. The monoisotopic (exact) mass is 234 g/mol. The number of halogens is 1. The number of unbranched alkanes of at least 4 members (excludes halogenated alkanes) is 1. The van der Waals surface area contributed by atoms with Crippen LogP contribution in [0.15, 0.2) is 3.79 Å². The molecule has 0 fully saturated rings. The first-order valence-electron chi connectivity index (χ1n) is 3.64. The lowest BCUT2D eigenvalue weighted by atomic mass is 10.2. The first-order valence-corrected chi connectivity index (χ1v) is 5.25. The van der Waals surface area contributed by atoms with Crippen LogP contribution in [0.3, 0.4) is 0 Å². The van der Waals surface area contributed by atoms with Crippen molar-refractivity contribution >= 4 is 32.4 Å². The smallest absolute Gasteiger partial charge is 0.181 e. The Morgan fingerprint density at radius 3 is 2.82 bits per heavy atom. The molecule has 0 bridgehead atoms. The van der Waals surface area contributed by atoms with Gasteiger partial charge in [-0.3, -0.25) is 0 Å². The van der Waals surface area contributed by atoms with E-state index in [1.54, 1.807) is 0 Å². The van der Waals surface area contributed by atoms with Crippen molar-refractivity contribution in [3.8, 4) is 0 Å². The van der Waals surface area contributed by atoms with E-state index in [0.29, 0.717) is 5.13 Å². The lowest BCUT2D eigenvalue weighted by Crippen LogP contribution is -1.87. The molecule has 2 N–H and O–H groups in total. The largest absolute Gasteiger partial charge is 0.375 e. The molecule has 62 valence electrons. The number of thiazole rings is 1. The van der Waals surface area contributed by atoms with Gasteiger partial charge in [0.25, 0.3) is 0 Å². The molecule has 4 heteroatoms. The van der Waals surface area contributed by atoms with Crippen LogP contribution in [-0.2, 0) is 6.42 Å². The van der Waals surface area contributed by atoms with Crippen molar-refractivity contribution in [3.05, 3.63) is 9.48 Å². The van der Waals surface area contributed by atoms with Gasteiger partial charge in [0.1, 0.15) is 0 Å².